The lowest BCUT2D eigenvalue weighted by Gasteiger charge is -2.31. The predicted octanol–water partition coefficient (Wildman–Crippen LogP) is 1.62. The standard InChI is InChI=1S/C11H23F3N2O/c1-4-15-10(3,9-17)6-7-16(5-2)8-11(12,13)14/h15,17H,4-9H2,1-3H3. The molecule has 0 fully saturated rings. The molecule has 0 saturated heterocycles. The van der Waals surface area contributed by atoms with E-state index in [4.69, 9.17) is 0 Å². The van der Waals surface area contributed by atoms with Crippen molar-refractivity contribution in [3.8, 4) is 0 Å². The van der Waals surface area contributed by atoms with E-state index >= 15 is 0 Å². The van der Waals surface area contributed by atoms with Crippen molar-refractivity contribution in [3.05, 3.63) is 0 Å². The number of alkyl halides is 3. The number of nitrogens with one attached hydrogen (secondary N) is 1. The Morgan fingerprint density at radius 2 is 1.82 bits per heavy atom. The Labute approximate surface area is 101 Å². The van der Waals surface area contributed by atoms with Gasteiger partial charge in [-0.3, -0.25) is 4.90 Å². The minimum atomic E-state index is -4.16. The molecule has 3 nitrogen and oxygen atoms in total. The van der Waals surface area contributed by atoms with Gasteiger partial charge in [0, 0.05) is 12.1 Å². The van der Waals surface area contributed by atoms with Gasteiger partial charge in [0.1, 0.15) is 0 Å². The van der Waals surface area contributed by atoms with Gasteiger partial charge in [0.25, 0.3) is 0 Å². The highest BCUT2D eigenvalue weighted by Crippen LogP contribution is 2.17. The van der Waals surface area contributed by atoms with E-state index < -0.39 is 18.3 Å². The smallest absolute Gasteiger partial charge is 0.394 e. The molecule has 1 atom stereocenters. The predicted molar refractivity (Wildman–Crippen MR) is 62.0 cm³/mol. The summed E-state index contributed by atoms with van der Waals surface area (Å²) in [4.78, 5) is 1.34. The van der Waals surface area contributed by atoms with Crippen molar-refractivity contribution < 1.29 is 18.3 Å². The Bertz CT molecular complexity index is 211. The molecule has 17 heavy (non-hydrogen) atoms. The third-order valence-corrected chi connectivity index (χ3v) is 2.78. The average Bonchev–Trinajstić information content (AvgIpc) is 2.23. The summed E-state index contributed by atoms with van der Waals surface area (Å²) in [6, 6.07) is 0. The van der Waals surface area contributed by atoms with E-state index in [1.54, 1.807) is 6.92 Å². The zero-order valence-corrected chi connectivity index (χ0v) is 10.8. The minimum absolute atomic E-state index is 0.0790. The number of hydrogen-bond donors (Lipinski definition) is 2. The molecule has 1 unspecified atom stereocenters. The Kier molecular flexibility index (Phi) is 7.04. The summed E-state index contributed by atoms with van der Waals surface area (Å²) in [6.07, 6.45) is -3.68. The normalized spacial score (nSPS) is 16.2. The molecular weight excluding hydrogens is 233 g/mol. The Balaban J connectivity index is 4.21. The zero-order valence-electron chi connectivity index (χ0n) is 10.8. The fraction of sp³-hybridized carbons (Fsp3) is 1.00. The SMILES string of the molecule is CCNC(C)(CO)CCN(CC)CC(F)(F)F. The van der Waals surface area contributed by atoms with Crippen molar-refractivity contribution in [2.75, 3.05) is 32.8 Å². The van der Waals surface area contributed by atoms with E-state index in [2.05, 4.69) is 5.32 Å². The molecule has 0 aliphatic rings. The van der Waals surface area contributed by atoms with Crippen molar-refractivity contribution in [2.24, 2.45) is 0 Å². The summed E-state index contributed by atoms with van der Waals surface area (Å²) in [5.41, 5.74) is -0.506. The fourth-order valence-corrected chi connectivity index (χ4v) is 1.66. The number of aliphatic hydroxyl groups is 1. The van der Waals surface area contributed by atoms with Crippen molar-refractivity contribution in [2.45, 2.75) is 38.9 Å². The van der Waals surface area contributed by atoms with Gasteiger partial charge in [0.2, 0.25) is 0 Å². The molecule has 0 saturated carbocycles. The molecule has 0 aromatic carbocycles. The maximum absolute atomic E-state index is 12.2. The van der Waals surface area contributed by atoms with E-state index in [1.165, 1.54) is 4.90 Å². The monoisotopic (exact) mass is 256 g/mol. The summed E-state index contributed by atoms with van der Waals surface area (Å²) in [7, 11) is 0. The summed E-state index contributed by atoms with van der Waals surface area (Å²) in [5, 5.41) is 12.3. The van der Waals surface area contributed by atoms with Crippen molar-refractivity contribution >= 4 is 0 Å². The number of hydrogen-bond acceptors (Lipinski definition) is 3. The van der Waals surface area contributed by atoms with Gasteiger partial charge in [0.05, 0.1) is 13.2 Å². The van der Waals surface area contributed by atoms with Crippen LogP contribution in [0, 0.1) is 0 Å². The molecule has 0 aliphatic heterocycles. The molecule has 0 rings (SSSR count). The van der Waals surface area contributed by atoms with Crippen molar-refractivity contribution in [3.63, 3.8) is 0 Å². The maximum Gasteiger partial charge on any atom is 0.401 e. The quantitative estimate of drug-likeness (QED) is 0.693. The first kappa shape index (κ1) is 16.7. The fourth-order valence-electron chi connectivity index (χ4n) is 1.66. The van der Waals surface area contributed by atoms with Crippen LogP contribution in [0.1, 0.15) is 27.2 Å². The van der Waals surface area contributed by atoms with Crippen molar-refractivity contribution in [1.82, 2.24) is 10.2 Å². The highest BCUT2D eigenvalue weighted by atomic mass is 19.4. The lowest BCUT2D eigenvalue weighted by atomic mass is 9.98. The third-order valence-electron chi connectivity index (χ3n) is 2.78. The number of nitrogens with zero attached hydrogens (tertiary/aromatic N) is 1. The topological polar surface area (TPSA) is 35.5 Å². The first-order valence-corrected chi connectivity index (χ1v) is 5.91. The van der Waals surface area contributed by atoms with Crippen LogP contribution < -0.4 is 5.32 Å². The van der Waals surface area contributed by atoms with Gasteiger partial charge >= 0.3 is 6.18 Å². The highest BCUT2D eigenvalue weighted by molar-refractivity contribution is 4.83. The Hall–Kier alpha value is -0.330. The molecule has 0 amide bonds. The number of halogens is 3. The van der Waals surface area contributed by atoms with Crippen LogP contribution in [0.4, 0.5) is 13.2 Å². The summed E-state index contributed by atoms with van der Waals surface area (Å²) in [6.45, 7) is 5.81. The number of likely N-dealkylation sites (N-methyl/N-ethyl adjacent to an activating group) is 1. The number of rotatable bonds is 8. The van der Waals surface area contributed by atoms with Crippen molar-refractivity contribution in [1.29, 1.82) is 0 Å². The van der Waals surface area contributed by atoms with E-state index in [0.29, 0.717) is 26.1 Å². The van der Waals surface area contributed by atoms with Gasteiger partial charge in [0.15, 0.2) is 0 Å². The van der Waals surface area contributed by atoms with Gasteiger partial charge in [-0.05, 0) is 26.4 Å². The molecule has 0 heterocycles. The van der Waals surface area contributed by atoms with E-state index in [1.807, 2.05) is 13.8 Å². The van der Waals surface area contributed by atoms with Gasteiger partial charge < -0.3 is 10.4 Å². The van der Waals surface area contributed by atoms with Gasteiger partial charge in [-0.25, -0.2) is 0 Å². The molecule has 0 radical (unpaired) electrons. The molecule has 0 spiro atoms. The summed E-state index contributed by atoms with van der Waals surface area (Å²) in [5.74, 6) is 0. The second-order valence-electron chi connectivity index (χ2n) is 4.48. The van der Waals surface area contributed by atoms with E-state index in [-0.39, 0.29) is 6.61 Å². The largest absolute Gasteiger partial charge is 0.401 e. The minimum Gasteiger partial charge on any atom is -0.394 e. The highest BCUT2D eigenvalue weighted by Gasteiger charge is 2.31. The average molecular weight is 256 g/mol. The van der Waals surface area contributed by atoms with Gasteiger partial charge in [-0.2, -0.15) is 13.2 Å². The van der Waals surface area contributed by atoms with Gasteiger partial charge in [-0.1, -0.05) is 13.8 Å². The van der Waals surface area contributed by atoms with E-state index in [9.17, 15) is 18.3 Å². The van der Waals surface area contributed by atoms with Crippen LogP contribution in [0.25, 0.3) is 0 Å². The second kappa shape index (κ2) is 7.18. The Morgan fingerprint density at radius 1 is 1.24 bits per heavy atom. The first-order chi connectivity index (χ1) is 7.76. The maximum atomic E-state index is 12.2. The molecule has 104 valence electrons. The van der Waals surface area contributed by atoms with Crippen LogP contribution in [0.2, 0.25) is 0 Å². The molecule has 0 aromatic heterocycles. The summed E-state index contributed by atoms with van der Waals surface area (Å²) >= 11 is 0. The summed E-state index contributed by atoms with van der Waals surface area (Å²) < 4.78 is 36.7. The lowest BCUT2D eigenvalue weighted by molar-refractivity contribution is -0.146. The second-order valence-corrected chi connectivity index (χ2v) is 4.48. The van der Waals surface area contributed by atoms with Gasteiger partial charge in [-0.15, -0.1) is 0 Å². The lowest BCUT2D eigenvalue weighted by Crippen LogP contribution is -2.48. The first-order valence-electron chi connectivity index (χ1n) is 5.91. The van der Waals surface area contributed by atoms with E-state index in [0.717, 1.165) is 0 Å². The van der Waals surface area contributed by atoms with Crippen LogP contribution in [0.5, 0.6) is 0 Å². The molecule has 0 aromatic rings. The van der Waals surface area contributed by atoms with Crippen LogP contribution in [-0.2, 0) is 0 Å². The van der Waals surface area contributed by atoms with Crippen LogP contribution >= 0.6 is 0 Å². The molecule has 0 aliphatic carbocycles. The van der Waals surface area contributed by atoms with Crippen LogP contribution in [0.15, 0.2) is 0 Å². The number of aliphatic hydroxyl groups excluding tert-OH is 1. The Morgan fingerprint density at radius 3 is 2.18 bits per heavy atom. The zero-order chi connectivity index (χ0) is 13.5. The molecule has 0 bridgehead atoms. The molecule has 2 N–H and O–H groups in total. The molecular formula is C11H23F3N2O. The van der Waals surface area contributed by atoms with Crippen LogP contribution in [-0.4, -0.2) is 54.5 Å². The third kappa shape index (κ3) is 7.57. The molecule has 6 heteroatoms. The van der Waals surface area contributed by atoms with Crippen LogP contribution in [0.3, 0.4) is 0 Å².